The van der Waals surface area contributed by atoms with E-state index in [1.54, 1.807) is 54.4 Å². The molecular weight excluding hydrogens is 592 g/mol. The molecule has 3 amide bonds. The Balaban J connectivity index is 1.26. The van der Waals surface area contributed by atoms with Crippen LogP contribution in [0.2, 0.25) is 5.02 Å². The predicted molar refractivity (Wildman–Crippen MR) is 173 cm³/mol. The van der Waals surface area contributed by atoms with Crippen LogP contribution in [0, 0.1) is 0 Å². The van der Waals surface area contributed by atoms with Crippen molar-refractivity contribution in [2.24, 2.45) is 0 Å². The number of hydrogen-bond donors (Lipinski definition) is 2. The molecular formula is C34H31ClN6O4. The van der Waals surface area contributed by atoms with Gasteiger partial charge in [-0.25, -0.2) is 4.98 Å². The quantitative estimate of drug-likeness (QED) is 0.191. The van der Waals surface area contributed by atoms with E-state index in [2.05, 4.69) is 10.3 Å². The Morgan fingerprint density at radius 3 is 2.51 bits per heavy atom. The summed E-state index contributed by atoms with van der Waals surface area (Å²) in [5.74, 6) is -0.473. The normalized spacial score (nSPS) is 12.9. The lowest BCUT2D eigenvalue weighted by atomic mass is 10.1. The first-order chi connectivity index (χ1) is 21.8. The van der Waals surface area contributed by atoms with E-state index >= 15 is 0 Å². The van der Waals surface area contributed by atoms with Crippen LogP contribution in [0.1, 0.15) is 56.0 Å². The van der Waals surface area contributed by atoms with Gasteiger partial charge in [0.05, 0.1) is 16.1 Å². The number of ketones is 1. The van der Waals surface area contributed by atoms with Gasteiger partial charge in [0.1, 0.15) is 5.69 Å². The highest BCUT2D eigenvalue weighted by Crippen LogP contribution is 2.27. The second-order valence-corrected chi connectivity index (χ2v) is 11.3. The molecule has 10 nitrogen and oxygen atoms in total. The smallest absolute Gasteiger partial charge is 0.274 e. The Labute approximate surface area is 264 Å². The Kier molecular flexibility index (Phi) is 8.48. The maximum atomic E-state index is 13.4. The highest BCUT2D eigenvalue weighted by atomic mass is 35.5. The van der Waals surface area contributed by atoms with E-state index < -0.39 is 5.91 Å². The third-order valence-corrected chi connectivity index (χ3v) is 8.29. The first-order valence-corrected chi connectivity index (χ1v) is 15.1. The van der Waals surface area contributed by atoms with Gasteiger partial charge in [-0.3, -0.25) is 24.5 Å². The number of hydrogen-bond acceptors (Lipinski definition) is 5. The summed E-state index contributed by atoms with van der Waals surface area (Å²) in [6.45, 7) is 1.84. The van der Waals surface area contributed by atoms with Gasteiger partial charge in [0.15, 0.2) is 5.78 Å². The average molecular weight is 623 g/mol. The molecule has 1 aliphatic heterocycles. The fourth-order valence-electron chi connectivity index (χ4n) is 5.53. The third-order valence-electron chi connectivity index (χ3n) is 7.96. The average Bonchev–Trinajstić information content (AvgIpc) is 3.80. The summed E-state index contributed by atoms with van der Waals surface area (Å²) < 4.78 is 1.90. The van der Waals surface area contributed by atoms with Crippen molar-refractivity contribution in [1.29, 1.82) is 0 Å². The molecule has 3 heterocycles. The van der Waals surface area contributed by atoms with Gasteiger partial charge in [-0.15, -0.1) is 0 Å². The summed E-state index contributed by atoms with van der Waals surface area (Å²) in [5.41, 5.74) is 3.39. The number of halogens is 1. The number of H-pyrrole nitrogens is 1. The van der Waals surface area contributed by atoms with Crippen molar-refractivity contribution in [3.05, 3.63) is 112 Å². The zero-order valence-electron chi connectivity index (χ0n) is 24.6. The van der Waals surface area contributed by atoms with Crippen molar-refractivity contribution < 1.29 is 19.2 Å². The van der Waals surface area contributed by atoms with Gasteiger partial charge in [0, 0.05) is 61.7 Å². The van der Waals surface area contributed by atoms with Gasteiger partial charge in [-0.05, 0) is 61.4 Å². The number of nitrogens with one attached hydrogen (secondary N) is 2. The largest absolute Gasteiger partial charge is 0.356 e. The lowest BCUT2D eigenvalue weighted by Gasteiger charge is -2.18. The van der Waals surface area contributed by atoms with Crippen molar-refractivity contribution in [2.45, 2.75) is 25.8 Å². The van der Waals surface area contributed by atoms with Crippen molar-refractivity contribution in [3.8, 4) is 0 Å². The molecule has 0 aliphatic carbocycles. The molecule has 3 aromatic carbocycles. The number of aromatic amines is 1. The monoisotopic (exact) mass is 622 g/mol. The van der Waals surface area contributed by atoms with Crippen LogP contribution < -0.4 is 10.2 Å². The molecule has 0 atom stereocenters. The first kappa shape index (κ1) is 29.8. The van der Waals surface area contributed by atoms with Crippen molar-refractivity contribution >= 4 is 57.8 Å². The summed E-state index contributed by atoms with van der Waals surface area (Å²) in [7, 11) is 1.70. The van der Waals surface area contributed by atoms with E-state index in [-0.39, 0.29) is 23.3 Å². The van der Waals surface area contributed by atoms with Crippen LogP contribution in [-0.4, -0.2) is 63.1 Å². The molecule has 2 aromatic heterocycles. The van der Waals surface area contributed by atoms with Gasteiger partial charge in [-0.2, -0.15) is 0 Å². The van der Waals surface area contributed by atoms with Crippen molar-refractivity contribution in [2.75, 3.05) is 30.4 Å². The SMILES string of the molecule is CN(C(=O)c1ccccc1)c1ccc2c(c1)nc(NC(=O)c1cc(C(=O)c3ccccc3Cl)c[nH]1)n2CCCN1CCCC1=O. The highest BCUT2D eigenvalue weighted by Gasteiger charge is 2.22. The van der Waals surface area contributed by atoms with Crippen LogP contribution in [0.3, 0.4) is 0 Å². The molecule has 228 valence electrons. The summed E-state index contributed by atoms with van der Waals surface area (Å²) in [5, 5.41) is 3.22. The van der Waals surface area contributed by atoms with Gasteiger partial charge in [-0.1, -0.05) is 41.9 Å². The van der Waals surface area contributed by atoms with E-state index in [9.17, 15) is 19.2 Å². The van der Waals surface area contributed by atoms with Gasteiger partial charge in [0.2, 0.25) is 11.9 Å². The molecule has 0 bridgehead atoms. The van der Waals surface area contributed by atoms with Crippen molar-refractivity contribution in [3.63, 3.8) is 0 Å². The molecule has 11 heteroatoms. The van der Waals surface area contributed by atoms with Gasteiger partial charge >= 0.3 is 0 Å². The van der Waals surface area contributed by atoms with Crippen LogP contribution >= 0.6 is 11.6 Å². The Bertz CT molecular complexity index is 1910. The molecule has 5 aromatic rings. The van der Waals surface area contributed by atoms with E-state index in [0.29, 0.717) is 64.8 Å². The molecule has 2 N–H and O–H groups in total. The van der Waals surface area contributed by atoms with E-state index in [1.165, 1.54) is 12.3 Å². The zero-order chi connectivity index (χ0) is 31.5. The maximum absolute atomic E-state index is 13.4. The Morgan fingerprint density at radius 1 is 0.978 bits per heavy atom. The number of amides is 3. The lowest BCUT2D eigenvalue weighted by Crippen LogP contribution is -2.26. The molecule has 1 fully saturated rings. The number of fused-ring (bicyclic) bond motifs is 1. The molecule has 45 heavy (non-hydrogen) atoms. The number of anilines is 2. The molecule has 6 rings (SSSR count). The minimum Gasteiger partial charge on any atom is -0.356 e. The molecule has 0 radical (unpaired) electrons. The van der Waals surface area contributed by atoms with Crippen LogP contribution in [0.15, 0.2) is 85.1 Å². The summed E-state index contributed by atoms with van der Waals surface area (Å²) in [4.78, 5) is 62.7. The summed E-state index contributed by atoms with van der Waals surface area (Å²) in [6.07, 6.45) is 3.57. The molecule has 1 saturated heterocycles. The van der Waals surface area contributed by atoms with Crippen LogP contribution in [0.25, 0.3) is 11.0 Å². The number of likely N-dealkylation sites (tertiary alicyclic amines) is 1. The van der Waals surface area contributed by atoms with Gasteiger partial charge < -0.3 is 19.4 Å². The third kappa shape index (κ3) is 6.23. The summed E-state index contributed by atoms with van der Waals surface area (Å²) >= 11 is 6.21. The minimum atomic E-state index is -0.476. The van der Waals surface area contributed by atoms with Crippen LogP contribution in [0.5, 0.6) is 0 Å². The number of aromatic nitrogens is 3. The first-order valence-electron chi connectivity index (χ1n) is 14.7. The van der Waals surface area contributed by atoms with Crippen LogP contribution in [-0.2, 0) is 11.3 Å². The Hall–Kier alpha value is -5.22. The minimum absolute atomic E-state index is 0.156. The zero-order valence-corrected chi connectivity index (χ0v) is 25.4. The Morgan fingerprint density at radius 2 is 1.76 bits per heavy atom. The predicted octanol–water partition coefficient (Wildman–Crippen LogP) is 5.79. The van der Waals surface area contributed by atoms with E-state index in [1.807, 2.05) is 39.8 Å². The second kappa shape index (κ2) is 12.8. The van der Waals surface area contributed by atoms with E-state index in [0.717, 1.165) is 18.5 Å². The number of imidazole rings is 1. The fourth-order valence-corrected chi connectivity index (χ4v) is 5.75. The lowest BCUT2D eigenvalue weighted by molar-refractivity contribution is -0.127. The number of carbonyl (C=O) groups is 4. The topological polar surface area (TPSA) is 120 Å². The second-order valence-electron chi connectivity index (χ2n) is 10.9. The maximum Gasteiger partial charge on any atom is 0.274 e. The molecule has 1 aliphatic rings. The van der Waals surface area contributed by atoms with Crippen LogP contribution in [0.4, 0.5) is 11.6 Å². The molecule has 0 unspecified atom stereocenters. The highest BCUT2D eigenvalue weighted by molar-refractivity contribution is 6.35. The standard InChI is InChI=1S/C34H31ClN6O4/c1-39(33(45)22-9-3-2-4-10-22)24-14-15-29-27(20-24)37-34(41(29)18-8-17-40-16-7-13-30(40)42)38-32(44)28-19-23(21-36-28)31(43)25-11-5-6-12-26(25)35/h2-6,9-12,14-15,19-21,36H,7-8,13,16-18H2,1H3,(H,37,38,44). The number of benzene rings is 3. The summed E-state index contributed by atoms with van der Waals surface area (Å²) in [6, 6.07) is 22.8. The molecule has 0 spiro atoms. The number of nitrogens with zero attached hydrogens (tertiary/aromatic N) is 4. The number of aryl methyl sites for hydroxylation is 1. The van der Waals surface area contributed by atoms with Gasteiger partial charge in [0.25, 0.3) is 11.8 Å². The molecule has 0 saturated carbocycles. The number of rotatable bonds is 10. The number of carbonyl (C=O) groups excluding carboxylic acids is 4. The van der Waals surface area contributed by atoms with E-state index in [4.69, 9.17) is 16.6 Å². The fraction of sp³-hybridized carbons (Fsp3) is 0.206. The van der Waals surface area contributed by atoms with Crippen molar-refractivity contribution in [1.82, 2.24) is 19.4 Å².